The van der Waals surface area contributed by atoms with Gasteiger partial charge in [-0.2, -0.15) is 0 Å². The lowest BCUT2D eigenvalue weighted by Crippen LogP contribution is -2.53. The monoisotopic (exact) mass is 764 g/mol. The molecule has 0 aromatic heterocycles. The zero-order valence-electron chi connectivity index (χ0n) is 32.6. The van der Waals surface area contributed by atoms with Crippen LogP contribution in [0.5, 0.6) is 0 Å². The summed E-state index contributed by atoms with van der Waals surface area (Å²) in [4.78, 5) is 38.9. The summed E-state index contributed by atoms with van der Waals surface area (Å²) < 4.78 is 56.3. The number of halogens is 2. The van der Waals surface area contributed by atoms with Crippen molar-refractivity contribution in [1.29, 1.82) is 0 Å². The Hall–Kier alpha value is -4.46. The lowest BCUT2D eigenvalue weighted by molar-refractivity contribution is -0.133. The Labute approximate surface area is 317 Å². The van der Waals surface area contributed by atoms with E-state index in [2.05, 4.69) is 36.3 Å². The van der Waals surface area contributed by atoms with Gasteiger partial charge in [0.1, 0.15) is 24.3 Å². The van der Waals surface area contributed by atoms with Crippen molar-refractivity contribution in [3.05, 3.63) is 70.8 Å². The normalized spacial score (nSPS) is 10.5. The van der Waals surface area contributed by atoms with Crippen molar-refractivity contribution in [1.82, 2.24) is 15.5 Å². The maximum atomic E-state index is 13.8. The minimum atomic E-state index is -3.71. The smallest absolute Gasteiger partial charge is 0.407 e. The molecule has 0 saturated carbocycles. The van der Waals surface area contributed by atoms with Crippen molar-refractivity contribution in [2.24, 2.45) is 5.73 Å². The quantitative estimate of drug-likeness (QED) is 0.119. The molecule has 0 fully saturated rings. The van der Waals surface area contributed by atoms with E-state index in [0.29, 0.717) is 50.8 Å². The van der Waals surface area contributed by atoms with E-state index in [1.807, 2.05) is 58.9 Å². The van der Waals surface area contributed by atoms with Crippen LogP contribution in [0, 0.1) is 44.3 Å². The first-order valence-electron chi connectivity index (χ1n) is 17.8. The molecule has 0 radical (unpaired) electrons. The third-order valence-electron chi connectivity index (χ3n) is 7.15. The Morgan fingerprint density at radius 1 is 0.925 bits per heavy atom. The number of aryl methyl sites for hydroxylation is 2. The number of nitrogens with zero attached hydrogens (tertiary/aromatic N) is 1. The molecule has 10 nitrogen and oxygen atoms in total. The van der Waals surface area contributed by atoms with Gasteiger partial charge in [-0.25, -0.2) is 22.0 Å². The third kappa shape index (κ3) is 24.4. The number of rotatable bonds is 18. The molecule has 0 unspecified atom stereocenters. The zero-order chi connectivity index (χ0) is 41.4. The summed E-state index contributed by atoms with van der Waals surface area (Å²) in [5.74, 6) is -2.34. The predicted molar refractivity (Wildman–Crippen MR) is 211 cm³/mol. The molecule has 2 rings (SSSR count). The van der Waals surface area contributed by atoms with Gasteiger partial charge in [0.2, 0.25) is 11.8 Å². The second-order valence-electron chi connectivity index (χ2n) is 11.4. The molecule has 1 atom stereocenters. The van der Waals surface area contributed by atoms with Gasteiger partial charge in [-0.05, 0) is 68.0 Å². The van der Waals surface area contributed by atoms with Crippen LogP contribution in [0.25, 0.3) is 0 Å². The van der Waals surface area contributed by atoms with Gasteiger partial charge in [0.05, 0.1) is 17.5 Å². The van der Waals surface area contributed by atoms with E-state index in [4.69, 9.17) is 10.5 Å². The van der Waals surface area contributed by atoms with Crippen molar-refractivity contribution in [2.45, 2.75) is 105 Å². The van der Waals surface area contributed by atoms with Crippen LogP contribution < -0.4 is 16.4 Å². The summed E-state index contributed by atoms with van der Waals surface area (Å²) >= 11 is 0. The fourth-order valence-corrected chi connectivity index (χ4v) is 7.03. The molecule has 2 aromatic rings. The van der Waals surface area contributed by atoms with Gasteiger partial charge in [-0.15, -0.1) is 25.7 Å². The number of sulfone groups is 1. The summed E-state index contributed by atoms with van der Waals surface area (Å²) in [7, 11) is -3.71. The first-order valence-corrected chi connectivity index (χ1v) is 19.5. The number of amides is 3. The summed E-state index contributed by atoms with van der Waals surface area (Å²) in [5.41, 5.74) is 8.35. The standard InChI is InChI=1S/C27H46N4O6S.C7H6F2.C2H6.2C2H2/c1-5-10-24(11-6-2)38(35,36)20-25(30-27(34)37-17-15-29-21(4)32)26(33)31(16-9-14-28)19-23-13-8-12-22(7-3)18-23;1-5-2-6(8)4-7(9)3-5;3*1-2/h8,12-13,18,24-25H,5-7,9-11,14-17,19-20,28H2,1-4H3,(H,29,32)(H,30,34);2-4H,1H3;1-2H3;2*1-2H/t25-;;;;/m1..../s1. The molecule has 0 heterocycles. The van der Waals surface area contributed by atoms with Crippen molar-refractivity contribution in [3.8, 4) is 25.7 Å². The van der Waals surface area contributed by atoms with Crippen LogP contribution >= 0.6 is 0 Å². The molecular weight excluding hydrogens is 703 g/mol. The Balaban J connectivity index is -0.00000140. The van der Waals surface area contributed by atoms with Gasteiger partial charge in [0, 0.05) is 26.1 Å². The van der Waals surface area contributed by atoms with Crippen molar-refractivity contribution in [2.75, 3.05) is 32.0 Å². The van der Waals surface area contributed by atoms with Crippen molar-refractivity contribution >= 4 is 27.7 Å². The van der Waals surface area contributed by atoms with E-state index in [0.717, 1.165) is 23.6 Å². The van der Waals surface area contributed by atoms with E-state index >= 15 is 0 Å². The van der Waals surface area contributed by atoms with Crippen LogP contribution in [0.4, 0.5) is 13.6 Å². The highest BCUT2D eigenvalue weighted by atomic mass is 32.2. The van der Waals surface area contributed by atoms with Gasteiger partial charge in [0.15, 0.2) is 9.84 Å². The minimum Gasteiger partial charge on any atom is -0.448 e. The minimum absolute atomic E-state index is 0.102. The molecule has 0 aliphatic carbocycles. The van der Waals surface area contributed by atoms with Crippen LogP contribution in [0.1, 0.15) is 90.3 Å². The number of carbonyl (C=O) groups is 3. The Bertz CT molecular complexity index is 1400. The molecule has 4 N–H and O–H groups in total. The van der Waals surface area contributed by atoms with E-state index in [1.54, 1.807) is 11.8 Å². The number of nitrogens with two attached hydrogens (primary N) is 1. The average Bonchev–Trinajstić information content (AvgIpc) is 3.13. The number of benzene rings is 2. The van der Waals surface area contributed by atoms with Crippen LogP contribution in [0.2, 0.25) is 0 Å². The van der Waals surface area contributed by atoms with Crippen LogP contribution in [-0.2, 0) is 37.1 Å². The lowest BCUT2D eigenvalue weighted by atomic mass is 10.1. The Morgan fingerprint density at radius 2 is 1.47 bits per heavy atom. The van der Waals surface area contributed by atoms with Crippen LogP contribution in [-0.4, -0.2) is 74.5 Å². The molecule has 0 aliphatic rings. The zero-order valence-corrected chi connectivity index (χ0v) is 33.4. The maximum Gasteiger partial charge on any atom is 0.407 e. The van der Waals surface area contributed by atoms with E-state index < -0.39 is 50.5 Å². The SMILES string of the molecule is C#C.C#C.CC.CCCC(CCC)S(=O)(=O)C[C@@H](NC(=O)OCCNC(C)=O)C(=O)N(CCCN)Cc1cccc(CC)c1.Cc1cc(F)cc(F)c1. The molecule has 3 amide bonds. The summed E-state index contributed by atoms with van der Waals surface area (Å²) in [5, 5.41) is 4.41. The Kier molecular flexibility index (Phi) is 32.1. The second-order valence-corrected chi connectivity index (χ2v) is 13.7. The fraction of sp³-hybridized carbons (Fsp3) is 0.525. The van der Waals surface area contributed by atoms with E-state index in [9.17, 15) is 31.6 Å². The molecule has 298 valence electrons. The summed E-state index contributed by atoms with van der Waals surface area (Å²) in [6.07, 6.45) is 18.8. The summed E-state index contributed by atoms with van der Waals surface area (Å²) in [6.45, 7) is 13.8. The molecule has 53 heavy (non-hydrogen) atoms. The van der Waals surface area contributed by atoms with E-state index in [1.165, 1.54) is 19.1 Å². The largest absolute Gasteiger partial charge is 0.448 e. The van der Waals surface area contributed by atoms with Crippen LogP contribution in [0.3, 0.4) is 0 Å². The highest BCUT2D eigenvalue weighted by molar-refractivity contribution is 7.92. The predicted octanol–water partition coefficient (Wildman–Crippen LogP) is 6.34. The van der Waals surface area contributed by atoms with Crippen molar-refractivity contribution in [3.63, 3.8) is 0 Å². The maximum absolute atomic E-state index is 13.8. The molecule has 0 aliphatic heterocycles. The number of nitrogens with one attached hydrogen (secondary N) is 2. The highest BCUT2D eigenvalue weighted by Gasteiger charge is 2.34. The second kappa shape index (κ2) is 32.2. The van der Waals surface area contributed by atoms with Gasteiger partial charge >= 0.3 is 6.09 Å². The van der Waals surface area contributed by atoms with Gasteiger partial charge in [0.25, 0.3) is 0 Å². The number of alkyl carbamates (subject to hydrolysis) is 1. The number of ether oxygens (including phenoxy) is 1. The van der Waals surface area contributed by atoms with Gasteiger partial charge in [-0.1, -0.05) is 71.7 Å². The number of terminal acetylenes is 2. The first-order chi connectivity index (χ1) is 25.3. The Morgan fingerprint density at radius 3 is 1.94 bits per heavy atom. The van der Waals surface area contributed by atoms with Gasteiger partial charge < -0.3 is 26.0 Å². The van der Waals surface area contributed by atoms with Gasteiger partial charge in [-0.3, -0.25) is 9.59 Å². The lowest BCUT2D eigenvalue weighted by Gasteiger charge is -2.29. The first kappa shape index (κ1) is 52.9. The molecular formula is C40H62F2N4O6S. The topological polar surface area (TPSA) is 148 Å². The molecule has 0 bridgehead atoms. The number of carbonyl (C=O) groups excluding carboxylic acids is 3. The highest BCUT2D eigenvalue weighted by Crippen LogP contribution is 2.18. The van der Waals surface area contributed by atoms with Crippen LogP contribution in [0.15, 0.2) is 42.5 Å². The number of hydrogen-bond acceptors (Lipinski definition) is 7. The molecule has 0 saturated heterocycles. The summed E-state index contributed by atoms with van der Waals surface area (Å²) in [6, 6.07) is 9.94. The third-order valence-corrected chi connectivity index (χ3v) is 9.44. The van der Waals surface area contributed by atoms with E-state index in [-0.39, 0.29) is 25.6 Å². The molecule has 0 spiro atoms. The van der Waals surface area contributed by atoms with Crippen molar-refractivity contribution < 1.29 is 36.3 Å². The fourth-order valence-electron chi connectivity index (χ4n) is 4.87. The molecule has 2 aromatic carbocycles. The number of hydrogen-bond donors (Lipinski definition) is 3. The average molecular weight is 765 g/mol. The molecule has 13 heteroatoms.